The molecule has 1 unspecified atom stereocenters. The number of guanidine groups is 1. The Morgan fingerprint density at radius 2 is 2.16 bits per heavy atom. The number of aliphatic imine (C=N–C) groups is 1. The fourth-order valence-electron chi connectivity index (χ4n) is 2.67. The molecule has 1 aromatic carbocycles. The number of hydrogen-bond acceptors (Lipinski definition) is 2. The molecule has 2 rings (SSSR count). The maximum absolute atomic E-state index is 10.4. The Bertz CT molecular complexity index is 726. The van der Waals surface area contributed by atoms with Crippen molar-refractivity contribution in [3.63, 3.8) is 0 Å². The summed E-state index contributed by atoms with van der Waals surface area (Å²) in [6.07, 6.45) is 1.43. The molecule has 0 radical (unpaired) electrons. The van der Waals surface area contributed by atoms with Crippen LogP contribution in [0.4, 0.5) is 0 Å². The minimum absolute atomic E-state index is 0.326. The summed E-state index contributed by atoms with van der Waals surface area (Å²) in [6.45, 7) is 5.90. The predicted octanol–water partition coefficient (Wildman–Crippen LogP) is 3.23. The topological polar surface area (TPSA) is 52.8 Å². The summed E-state index contributed by atoms with van der Waals surface area (Å²) < 4.78 is 3.15. The van der Waals surface area contributed by atoms with Gasteiger partial charge in [-0.1, -0.05) is 29.8 Å². The van der Waals surface area contributed by atoms with Gasteiger partial charge in [0.15, 0.2) is 5.96 Å². The second kappa shape index (κ2) is 9.06. The van der Waals surface area contributed by atoms with Gasteiger partial charge in [-0.05, 0) is 41.4 Å². The van der Waals surface area contributed by atoms with Crippen molar-refractivity contribution < 1.29 is 5.11 Å². The van der Waals surface area contributed by atoms with E-state index >= 15 is 0 Å². The number of aryl methyl sites for hydroxylation is 2. The Hall–Kier alpha value is -1.79. The van der Waals surface area contributed by atoms with Crippen LogP contribution in [-0.2, 0) is 13.6 Å². The highest BCUT2D eigenvalue weighted by atomic mass is 79.9. The van der Waals surface area contributed by atoms with Gasteiger partial charge in [0.2, 0.25) is 0 Å². The van der Waals surface area contributed by atoms with Crippen LogP contribution in [0.5, 0.6) is 0 Å². The van der Waals surface area contributed by atoms with Gasteiger partial charge in [-0.15, -0.1) is 0 Å². The van der Waals surface area contributed by atoms with Crippen molar-refractivity contribution in [2.45, 2.75) is 26.5 Å². The van der Waals surface area contributed by atoms with E-state index in [0.717, 1.165) is 34.6 Å². The molecule has 0 aliphatic heterocycles. The van der Waals surface area contributed by atoms with E-state index < -0.39 is 6.10 Å². The van der Waals surface area contributed by atoms with Gasteiger partial charge in [-0.2, -0.15) is 0 Å². The molecule has 1 heterocycles. The van der Waals surface area contributed by atoms with E-state index in [0.29, 0.717) is 6.54 Å². The number of benzene rings is 1. The third-order valence-electron chi connectivity index (χ3n) is 4.01. The minimum atomic E-state index is -0.605. The van der Waals surface area contributed by atoms with Crippen LogP contribution >= 0.6 is 15.9 Å². The first kappa shape index (κ1) is 19.5. The first-order chi connectivity index (χ1) is 11.9. The monoisotopic (exact) mass is 406 g/mol. The molecule has 0 amide bonds. The van der Waals surface area contributed by atoms with Gasteiger partial charge in [0, 0.05) is 37.0 Å². The SMILES string of the molecule is CCNC(=NCC(O)c1cccc(C)c1)N(C)Cc1cc(Br)cn1C. The molecule has 0 aliphatic rings. The van der Waals surface area contributed by atoms with Crippen LogP contribution in [0, 0.1) is 6.92 Å². The Morgan fingerprint density at radius 1 is 1.40 bits per heavy atom. The van der Waals surface area contributed by atoms with Gasteiger partial charge in [-0.3, -0.25) is 4.99 Å². The van der Waals surface area contributed by atoms with Crippen LogP contribution in [-0.4, -0.2) is 40.7 Å². The number of aliphatic hydroxyl groups is 1. The molecule has 2 N–H and O–H groups in total. The van der Waals surface area contributed by atoms with Gasteiger partial charge in [0.05, 0.1) is 19.2 Å². The summed E-state index contributed by atoms with van der Waals surface area (Å²) >= 11 is 3.50. The van der Waals surface area contributed by atoms with Crippen molar-refractivity contribution in [1.29, 1.82) is 0 Å². The van der Waals surface area contributed by atoms with Crippen molar-refractivity contribution in [2.75, 3.05) is 20.1 Å². The standard InChI is InChI=1S/C19H27BrN4O/c1-5-21-19(24(4)13-17-10-16(20)12-23(17)3)22-11-18(25)15-8-6-7-14(2)9-15/h6-10,12,18,25H,5,11,13H2,1-4H3,(H,21,22). The maximum atomic E-state index is 10.4. The van der Waals surface area contributed by atoms with Crippen LogP contribution in [0.1, 0.15) is 29.8 Å². The molecule has 136 valence electrons. The summed E-state index contributed by atoms with van der Waals surface area (Å²) in [5, 5.41) is 13.7. The summed E-state index contributed by atoms with van der Waals surface area (Å²) in [4.78, 5) is 6.68. The molecule has 0 spiro atoms. The molecule has 0 fully saturated rings. The molecule has 0 saturated heterocycles. The Morgan fingerprint density at radius 3 is 2.76 bits per heavy atom. The number of nitrogens with one attached hydrogen (secondary N) is 1. The maximum Gasteiger partial charge on any atom is 0.194 e. The predicted molar refractivity (Wildman–Crippen MR) is 107 cm³/mol. The van der Waals surface area contributed by atoms with Crippen molar-refractivity contribution >= 4 is 21.9 Å². The average Bonchev–Trinajstić information content (AvgIpc) is 2.88. The molecular weight excluding hydrogens is 380 g/mol. The normalized spacial score (nSPS) is 13.0. The number of aromatic nitrogens is 1. The molecule has 0 bridgehead atoms. The van der Waals surface area contributed by atoms with Crippen molar-refractivity contribution in [2.24, 2.45) is 12.0 Å². The smallest absolute Gasteiger partial charge is 0.194 e. The third-order valence-corrected chi connectivity index (χ3v) is 4.44. The number of halogens is 1. The van der Waals surface area contributed by atoms with Gasteiger partial charge in [-0.25, -0.2) is 0 Å². The van der Waals surface area contributed by atoms with Crippen LogP contribution in [0.25, 0.3) is 0 Å². The van der Waals surface area contributed by atoms with E-state index in [1.54, 1.807) is 0 Å². The average molecular weight is 407 g/mol. The second-order valence-electron chi connectivity index (χ2n) is 6.24. The largest absolute Gasteiger partial charge is 0.386 e. The number of rotatable bonds is 6. The Kier molecular flexibility index (Phi) is 7.08. The summed E-state index contributed by atoms with van der Waals surface area (Å²) in [5.74, 6) is 0.784. The van der Waals surface area contributed by atoms with Gasteiger partial charge in [0.1, 0.15) is 0 Å². The first-order valence-electron chi connectivity index (χ1n) is 8.45. The zero-order chi connectivity index (χ0) is 18.4. The Balaban J connectivity index is 2.07. The van der Waals surface area contributed by atoms with Crippen LogP contribution in [0.2, 0.25) is 0 Å². The van der Waals surface area contributed by atoms with Gasteiger partial charge < -0.3 is 19.9 Å². The Labute approximate surface area is 158 Å². The van der Waals surface area contributed by atoms with E-state index in [9.17, 15) is 5.11 Å². The van der Waals surface area contributed by atoms with Gasteiger partial charge in [0.25, 0.3) is 0 Å². The molecule has 0 saturated carbocycles. The van der Waals surface area contributed by atoms with Crippen molar-refractivity contribution in [1.82, 2.24) is 14.8 Å². The highest BCUT2D eigenvalue weighted by Gasteiger charge is 2.12. The molecule has 25 heavy (non-hydrogen) atoms. The number of hydrogen-bond donors (Lipinski definition) is 2. The minimum Gasteiger partial charge on any atom is -0.386 e. The van der Waals surface area contributed by atoms with E-state index in [1.165, 1.54) is 5.69 Å². The molecule has 1 aromatic heterocycles. The first-order valence-corrected chi connectivity index (χ1v) is 9.24. The lowest BCUT2D eigenvalue weighted by molar-refractivity contribution is 0.186. The van der Waals surface area contributed by atoms with Gasteiger partial charge >= 0.3 is 0 Å². The second-order valence-corrected chi connectivity index (χ2v) is 7.16. The molecule has 0 aliphatic carbocycles. The zero-order valence-corrected chi connectivity index (χ0v) is 16.9. The molecule has 1 atom stereocenters. The third kappa shape index (κ3) is 5.61. The van der Waals surface area contributed by atoms with Crippen LogP contribution in [0.3, 0.4) is 0 Å². The van der Waals surface area contributed by atoms with E-state index in [2.05, 4.69) is 41.8 Å². The lowest BCUT2D eigenvalue weighted by Gasteiger charge is -2.23. The highest BCUT2D eigenvalue weighted by molar-refractivity contribution is 9.10. The van der Waals surface area contributed by atoms with Crippen molar-refractivity contribution in [3.05, 3.63) is 57.8 Å². The summed E-state index contributed by atoms with van der Waals surface area (Å²) in [7, 11) is 4.03. The highest BCUT2D eigenvalue weighted by Crippen LogP contribution is 2.16. The fourth-order valence-corrected chi connectivity index (χ4v) is 3.24. The number of aliphatic hydroxyl groups excluding tert-OH is 1. The summed E-state index contributed by atoms with van der Waals surface area (Å²) in [5.41, 5.74) is 3.21. The lowest BCUT2D eigenvalue weighted by Crippen LogP contribution is -2.39. The molecule has 6 heteroatoms. The quantitative estimate of drug-likeness (QED) is 0.571. The fraction of sp³-hybridized carbons (Fsp3) is 0.421. The van der Waals surface area contributed by atoms with E-state index in [4.69, 9.17) is 0 Å². The van der Waals surface area contributed by atoms with E-state index in [-0.39, 0.29) is 0 Å². The van der Waals surface area contributed by atoms with Crippen LogP contribution < -0.4 is 5.32 Å². The summed E-state index contributed by atoms with van der Waals surface area (Å²) in [6, 6.07) is 10.0. The molecular formula is C19H27BrN4O. The lowest BCUT2D eigenvalue weighted by atomic mass is 10.1. The molecule has 5 nitrogen and oxygen atoms in total. The van der Waals surface area contributed by atoms with Crippen molar-refractivity contribution in [3.8, 4) is 0 Å². The molecule has 2 aromatic rings. The zero-order valence-electron chi connectivity index (χ0n) is 15.3. The number of nitrogens with zero attached hydrogens (tertiary/aromatic N) is 3. The van der Waals surface area contributed by atoms with E-state index in [1.807, 2.05) is 58.4 Å². The van der Waals surface area contributed by atoms with Crippen LogP contribution in [0.15, 0.2) is 46.0 Å².